The maximum Gasteiger partial charge on any atom is 0.239 e. The number of nitrogens with zero attached hydrogens (tertiary/aromatic N) is 2. The lowest BCUT2D eigenvalue weighted by Crippen LogP contribution is -2.39. The molecule has 1 heterocycles. The first-order valence-electron chi connectivity index (χ1n) is 7.21. The monoisotopic (exact) mass is 331 g/mol. The zero-order chi connectivity index (χ0) is 16.7. The second kappa shape index (κ2) is 8.29. The fourth-order valence-corrected chi connectivity index (χ4v) is 2.25. The number of hydrogen-bond acceptors (Lipinski definition) is 3. The van der Waals surface area contributed by atoms with E-state index in [0.717, 1.165) is 11.1 Å². The van der Waals surface area contributed by atoms with Gasteiger partial charge in [-0.3, -0.25) is 14.6 Å². The molecule has 2 rings (SSSR count). The fourth-order valence-electron chi connectivity index (χ4n) is 2.05. The average Bonchev–Trinajstić information content (AvgIpc) is 2.54. The molecule has 0 spiro atoms. The van der Waals surface area contributed by atoms with E-state index in [9.17, 15) is 9.59 Å². The van der Waals surface area contributed by atoms with Crippen LogP contribution >= 0.6 is 11.6 Å². The molecule has 0 fully saturated rings. The Labute approximate surface area is 140 Å². The predicted molar refractivity (Wildman–Crippen MR) is 88.6 cm³/mol. The number of nitrogens with one attached hydrogen (secondary N) is 1. The van der Waals surface area contributed by atoms with Crippen LogP contribution in [0.5, 0.6) is 0 Å². The second-order valence-corrected chi connectivity index (χ2v) is 5.51. The highest BCUT2D eigenvalue weighted by Gasteiger charge is 2.14. The summed E-state index contributed by atoms with van der Waals surface area (Å²) in [5.41, 5.74) is 1.76. The van der Waals surface area contributed by atoms with Crippen molar-refractivity contribution in [3.05, 3.63) is 64.9 Å². The third-order valence-electron chi connectivity index (χ3n) is 3.34. The molecular weight excluding hydrogens is 314 g/mol. The van der Waals surface area contributed by atoms with E-state index in [4.69, 9.17) is 11.6 Å². The van der Waals surface area contributed by atoms with Crippen LogP contribution in [0.1, 0.15) is 18.1 Å². The number of aromatic nitrogens is 1. The van der Waals surface area contributed by atoms with Crippen LogP contribution in [0.2, 0.25) is 5.02 Å². The van der Waals surface area contributed by atoms with Crippen LogP contribution in [0.3, 0.4) is 0 Å². The maximum atomic E-state index is 12.1. The van der Waals surface area contributed by atoms with Crippen molar-refractivity contribution in [2.75, 3.05) is 6.54 Å². The zero-order valence-corrected chi connectivity index (χ0v) is 13.6. The molecule has 0 radical (unpaired) electrons. The Morgan fingerprint density at radius 2 is 1.87 bits per heavy atom. The summed E-state index contributed by atoms with van der Waals surface area (Å²) in [6, 6.07) is 10.9. The third kappa shape index (κ3) is 5.38. The highest BCUT2D eigenvalue weighted by molar-refractivity contribution is 6.31. The molecule has 0 atom stereocenters. The van der Waals surface area contributed by atoms with Crippen molar-refractivity contribution in [2.45, 2.75) is 20.0 Å². The summed E-state index contributed by atoms with van der Waals surface area (Å²) in [4.78, 5) is 29.2. The lowest BCUT2D eigenvalue weighted by Gasteiger charge is -2.20. The Morgan fingerprint density at radius 1 is 1.17 bits per heavy atom. The van der Waals surface area contributed by atoms with Gasteiger partial charge in [0.05, 0.1) is 6.54 Å². The lowest BCUT2D eigenvalue weighted by atomic mass is 10.2. The van der Waals surface area contributed by atoms with Crippen LogP contribution in [-0.4, -0.2) is 28.2 Å². The summed E-state index contributed by atoms with van der Waals surface area (Å²) in [5, 5.41) is 3.39. The minimum atomic E-state index is -0.228. The second-order valence-electron chi connectivity index (χ2n) is 5.10. The molecule has 23 heavy (non-hydrogen) atoms. The summed E-state index contributed by atoms with van der Waals surface area (Å²) in [6.07, 6.45) is 3.32. The number of rotatable bonds is 6. The number of carbonyl (C=O) groups excluding carboxylic acids is 2. The zero-order valence-electron chi connectivity index (χ0n) is 12.8. The van der Waals surface area contributed by atoms with Crippen molar-refractivity contribution in [3.8, 4) is 0 Å². The van der Waals surface area contributed by atoms with E-state index in [0.29, 0.717) is 18.1 Å². The van der Waals surface area contributed by atoms with E-state index in [-0.39, 0.29) is 18.4 Å². The van der Waals surface area contributed by atoms with Crippen molar-refractivity contribution in [1.29, 1.82) is 0 Å². The minimum absolute atomic E-state index is 0.00209. The SMILES string of the molecule is CC(=O)N(CC(=O)NCc1ccccc1Cl)Cc1ccncc1. The molecule has 0 aliphatic carbocycles. The molecule has 2 aromatic rings. The van der Waals surface area contributed by atoms with Crippen LogP contribution in [0, 0.1) is 0 Å². The van der Waals surface area contributed by atoms with E-state index < -0.39 is 0 Å². The topological polar surface area (TPSA) is 62.3 Å². The van der Waals surface area contributed by atoms with E-state index in [1.807, 2.05) is 30.3 Å². The molecule has 0 bridgehead atoms. The maximum absolute atomic E-state index is 12.1. The first kappa shape index (κ1) is 17.0. The highest BCUT2D eigenvalue weighted by Crippen LogP contribution is 2.14. The standard InChI is InChI=1S/C17H18ClN3O2/c1-13(22)21(11-14-6-8-19-9-7-14)12-17(23)20-10-15-4-2-3-5-16(15)18/h2-9H,10-12H2,1H3,(H,20,23). The molecule has 0 aliphatic heterocycles. The van der Waals surface area contributed by atoms with Crippen molar-refractivity contribution >= 4 is 23.4 Å². The van der Waals surface area contributed by atoms with Crippen LogP contribution in [0.15, 0.2) is 48.8 Å². The van der Waals surface area contributed by atoms with E-state index in [2.05, 4.69) is 10.3 Å². The third-order valence-corrected chi connectivity index (χ3v) is 3.71. The Morgan fingerprint density at radius 3 is 2.52 bits per heavy atom. The molecule has 120 valence electrons. The fraction of sp³-hybridized carbons (Fsp3) is 0.235. The van der Waals surface area contributed by atoms with E-state index >= 15 is 0 Å². The van der Waals surface area contributed by atoms with Gasteiger partial charge in [-0.05, 0) is 29.3 Å². The number of hydrogen-bond donors (Lipinski definition) is 1. The van der Waals surface area contributed by atoms with Gasteiger partial charge in [0.25, 0.3) is 0 Å². The van der Waals surface area contributed by atoms with Crippen molar-refractivity contribution < 1.29 is 9.59 Å². The van der Waals surface area contributed by atoms with E-state index in [1.165, 1.54) is 11.8 Å². The molecule has 1 aromatic heterocycles. The summed E-state index contributed by atoms with van der Waals surface area (Å²) in [7, 11) is 0. The van der Waals surface area contributed by atoms with Crippen LogP contribution in [0.25, 0.3) is 0 Å². The largest absolute Gasteiger partial charge is 0.350 e. The normalized spacial score (nSPS) is 10.2. The molecule has 0 saturated carbocycles. The molecule has 0 aliphatic rings. The van der Waals surface area contributed by atoms with Gasteiger partial charge in [0.15, 0.2) is 0 Å². The van der Waals surface area contributed by atoms with Crippen molar-refractivity contribution in [2.24, 2.45) is 0 Å². The van der Waals surface area contributed by atoms with Gasteiger partial charge in [-0.1, -0.05) is 29.8 Å². The molecule has 0 saturated heterocycles. The van der Waals surface area contributed by atoms with Crippen molar-refractivity contribution in [1.82, 2.24) is 15.2 Å². The van der Waals surface area contributed by atoms with Crippen LogP contribution in [-0.2, 0) is 22.7 Å². The van der Waals surface area contributed by atoms with Gasteiger partial charge < -0.3 is 10.2 Å². The van der Waals surface area contributed by atoms with Gasteiger partial charge >= 0.3 is 0 Å². The summed E-state index contributed by atoms with van der Waals surface area (Å²) in [5.74, 6) is -0.385. The Balaban J connectivity index is 1.91. The lowest BCUT2D eigenvalue weighted by molar-refractivity contribution is -0.135. The van der Waals surface area contributed by atoms with E-state index in [1.54, 1.807) is 18.5 Å². The van der Waals surface area contributed by atoms with Gasteiger partial charge in [-0.15, -0.1) is 0 Å². The van der Waals surface area contributed by atoms with Gasteiger partial charge in [-0.2, -0.15) is 0 Å². The number of amides is 2. The molecular formula is C17H18ClN3O2. The molecule has 2 amide bonds. The number of carbonyl (C=O) groups is 2. The minimum Gasteiger partial charge on any atom is -0.350 e. The Hall–Kier alpha value is -2.40. The quantitative estimate of drug-likeness (QED) is 0.884. The van der Waals surface area contributed by atoms with Crippen LogP contribution in [0.4, 0.5) is 0 Å². The predicted octanol–water partition coefficient (Wildman–Crippen LogP) is 2.40. The smallest absolute Gasteiger partial charge is 0.239 e. The first-order chi connectivity index (χ1) is 11.1. The van der Waals surface area contributed by atoms with Gasteiger partial charge in [-0.25, -0.2) is 0 Å². The Kier molecular flexibility index (Phi) is 6.11. The summed E-state index contributed by atoms with van der Waals surface area (Å²) in [6.45, 7) is 2.15. The molecule has 0 unspecified atom stereocenters. The highest BCUT2D eigenvalue weighted by atomic mass is 35.5. The average molecular weight is 332 g/mol. The number of pyridine rings is 1. The van der Waals surface area contributed by atoms with Gasteiger partial charge in [0.1, 0.15) is 0 Å². The van der Waals surface area contributed by atoms with Crippen molar-refractivity contribution in [3.63, 3.8) is 0 Å². The molecule has 5 nitrogen and oxygen atoms in total. The Bertz CT molecular complexity index is 677. The molecule has 1 N–H and O–H groups in total. The summed E-state index contributed by atoms with van der Waals surface area (Å²) >= 11 is 6.05. The molecule has 6 heteroatoms. The molecule has 1 aromatic carbocycles. The number of benzene rings is 1. The first-order valence-corrected chi connectivity index (χ1v) is 7.58. The van der Waals surface area contributed by atoms with Gasteiger partial charge in [0, 0.05) is 37.4 Å². The number of halogens is 1. The van der Waals surface area contributed by atoms with Gasteiger partial charge in [0.2, 0.25) is 11.8 Å². The summed E-state index contributed by atoms with van der Waals surface area (Å²) < 4.78 is 0. The van der Waals surface area contributed by atoms with Crippen LogP contribution < -0.4 is 5.32 Å².